The van der Waals surface area contributed by atoms with Crippen molar-refractivity contribution in [2.45, 2.75) is 13.5 Å². The van der Waals surface area contributed by atoms with E-state index in [-0.39, 0.29) is 0 Å². The maximum atomic E-state index is 5.27. The molecule has 0 aliphatic carbocycles. The number of aryl methyl sites for hydroxylation is 1. The van der Waals surface area contributed by atoms with Crippen LogP contribution in [-0.2, 0) is 6.54 Å². The van der Waals surface area contributed by atoms with Crippen LogP contribution in [0.4, 0.5) is 0 Å². The predicted molar refractivity (Wildman–Crippen MR) is 70.3 cm³/mol. The summed E-state index contributed by atoms with van der Waals surface area (Å²) < 4.78 is 6.12. The largest absolute Gasteiger partial charge is 0.301 e. The number of nitrogens with one attached hydrogen (secondary N) is 1. The number of nitrogens with zero attached hydrogens (tertiary/aromatic N) is 3. The van der Waals surface area contributed by atoms with Gasteiger partial charge in [0.2, 0.25) is 4.77 Å². The number of fused-ring (bicyclic) bond motifs is 3. The van der Waals surface area contributed by atoms with Gasteiger partial charge in [0, 0.05) is 6.54 Å². The van der Waals surface area contributed by atoms with E-state index in [1.165, 1.54) is 0 Å². The monoisotopic (exact) mass is 268 g/mol. The molecule has 3 aromatic heterocycles. The average Bonchev–Trinajstić information content (AvgIpc) is 2.81. The summed E-state index contributed by atoms with van der Waals surface area (Å²) in [6, 6.07) is 1.98. The van der Waals surface area contributed by atoms with Crippen molar-refractivity contribution in [1.29, 1.82) is 0 Å². The molecule has 1 N–H and O–H groups in total. The number of hydrogen-bond acceptors (Lipinski definition) is 4. The molecule has 3 rings (SSSR count). The molecule has 0 saturated carbocycles. The van der Waals surface area contributed by atoms with Crippen molar-refractivity contribution in [3.63, 3.8) is 0 Å². The fourth-order valence-corrected chi connectivity index (χ4v) is 3.20. The molecule has 7 heteroatoms. The molecule has 0 aromatic carbocycles. The fourth-order valence-electron chi connectivity index (χ4n) is 1.79. The molecule has 0 radical (unpaired) electrons. The Morgan fingerprint density at radius 1 is 1.50 bits per heavy atom. The van der Waals surface area contributed by atoms with Crippen LogP contribution in [0.3, 0.4) is 0 Å². The van der Waals surface area contributed by atoms with Crippen LogP contribution in [-0.4, -0.2) is 19.2 Å². The molecular weight excluding hydrogens is 260 g/mol. The fraction of sp³-hybridized carbons (Fsp3) is 0.222. The smallest absolute Gasteiger partial charge is 0.221 e. The topological polar surface area (TPSA) is 38.0 Å². The Morgan fingerprint density at radius 2 is 2.31 bits per heavy atom. The van der Waals surface area contributed by atoms with Gasteiger partial charge in [-0.15, -0.1) is 11.3 Å². The van der Waals surface area contributed by atoms with Gasteiger partial charge in [-0.2, -0.15) is 0 Å². The zero-order chi connectivity index (χ0) is 11.3. The van der Waals surface area contributed by atoms with Gasteiger partial charge in [0.25, 0.3) is 0 Å². The first kappa shape index (κ1) is 10.1. The van der Waals surface area contributed by atoms with Crippen LogP contribution in [0.5, 0.6) is 0 Å². The average molecular weight is 268 g/mol. The second-order valence-corrected chi connectivity index (χ2v) is 5.02. The molecule has 0 fully saturated rings. The van der Waals surface area contributed by atoms with Gasteiger partial charge < -0.3 is 4.57 Å². The third kappa shape index (κ3) is 1.22. The van der Waals surface area contributed by atoms with Gasteiger partial charge in [-0.05, 0) is 42.8 Å². The summed E-state index contributed by atoms with van der Waals surface area (Å²) in [7, 11) is 0. The van der Waals surface area contributed by atoms with Gasteiger partial charge in [-0.25, -0.2) is 9.50 Å². The van der Waals surface area contributed by atoms with Crippen molar-refractivity contribution in [3.05, 3.63) is 21.0 Å². The lowest BCUT2D eigenvalue weighted by atomic mass is 10.4. The van der Waals surface area contributed by atoms with E-state index in [4.69, 9.17) is 24.4 Å². The summed E-state index contributed by atoms with van der Waals surface area (Å²) in [5, 5.41) is 5.08. The molecule has 0 spiro atoms. The number of aromatic amines is 1. The zero-order valence-electron chi connectivity index (χ0n) is 8.43. The SMILES string of the molecule is CCn1c(=S)[nH]n2c(=S)nc3ccsc3c12. The van der Waals surface area contributed by atoms with Crippen molar-refractivity contribution in [1.82, 2.24) is 19.2 Å². The standard InChI is InChI=1S/C9H8N4S3/c1-2-12-7-6-5(3-4-16-6)10-8(14)13(7)11-9(12)15/h3-4H,2H2,1H3,(H,11,15). The first-order valence-electron chi connectivity index (χ1n) is 4.81. The molecular formula is C9H8N4S3. The molecule has 0 aliphatic rings. The van der Waals surface area contributed by atoms with Gasteiger partial charge in [0.05, 0.1) is 10.2 Å². The van der Waals surface area contributed by atoms with Crippen LogP contribution >= 0.6 is 35.8 Å². The quantitative estimate of drug-likeness (QED) is 0.689. The molecule has 3 heterocycles. The third-order valence-electron chi connectivity index (χ3n) is 2.49. The van der Waals surface area contributed by atoms with Gasteiger partial charge in [0.1, 0.15) is 0 Å². The summed E-state index contributed by atoms with van der Waals surface area (Å²) in [6.07, 6.45) is 0. The van der Waals surface area contributed by atoms with E-state index in [9.17, 15) is 0 Å². The Balaban J connectivity index is 2.74. The summed E-state index contributed by atoms with van der Waals surface area (Å²) >= 11 is 12.2. The minimum Gasteiger partial charge on any atom is -0.301 e. The van der Waals surface area contributed by atoms with Crippen molar-refractivity contribution < 1.29 is 0 Å². The molecule has 0 aliphatic heterocycles. The number of aromatic nitrogens is 4. The summed E-state index contributed by atoms with van der Waals surface area (Å²) in [5.74, 6) is 0. The van der Waals surface area contributed by atoms with Crippen LogP contribution < -0.4 is 0 Å². The Hall–Kier alpha value is -1.05. The molecule has 0 amide bonds. The maximum absolute atomic E-state index is 5.27. The van der Waals surface area contributed by atoms with Gasteiger partial charge in [-0.1, -0.05) is 0 Å². The van der Waals surface area contributed by atoms with E-state index < -0.39 is 0 Å². The molecule has 16 heavy (non-hydrogen) atoms. The lowest BCUT2D eigenvalue weighted by Gasteiger charge is -2.00. The van der Waals surface area contributed by atoms with Crippen molar-refractivity contribution in [2.24, 2.45) is 0 Å². The summed E-state index contributed by atoms with van der Waals surface area (Å²) in [4.78, 5) is 4.35. The van der Waals surface area contributed by atoms with E-state index in [0.29, 0.717) is 9.54 Å². The predicted octanol–water partition coefficient (Wildman–Crippen LogP) is 3.16. The Morgan fingerprint density at radius 3 is 3.06 bits per heavy atom. The Kier molecular flexibility index (Phi) is 2.20. The third-order valence-corrected chi connectivity index (χ3v) is 3.98. The van der Waals surface area contributed by atoms with Crippen molar-refractivity contribution >= 4 is 51.6 Å². The molecule has 0 bridgehead atoms. The highest BCUT2D eigenvalue weighted by molar-refractivity contribution is 7.71. The zero-order valence-corrected chi connectivity index (χ0v) is 10.9. The highest BCUT2D eigenvalue weighted by Gasteiger charge is 2.10. The number of hydrogen-bond donors (Lipinski definition) is 1. The van der Waals surface area contributed by atoms with E-state index >= 15 is 0 Å². The second kappa shape index (κ2) is 3.47. The minimum atomic E-state index is 0.513. The molecule has 4 nitrogen and oxygen atoms in total. The van der Waals surface area contributed by atoms with E-state index in [1.54, 1.807) is 15.9 Å². The molecule has 0 unspecified atom stereocenters. The first-order valence-corrected chi connectivity index (χ1v) is 6.50. The minimum absolute atomic E-state index is 0.513. The summed E-state index contributed by atoms with van der Waals surface area (Å²) in [5.41, 5.74) is 1.95. The van der Waals surface area contributed by atoms with Crippen molar-refractivity contribution in [2.75, 3.05) is 0 Å². The van der Waals surface area contributed by atoms with Gasteiger partial charge in [0.15, 0.2) is 10.4 Å². The van der Waals surface area contributed by atoms with Crippen LogP contribution in [0.15, 0.2) is 11.4 Å². The van der Waals surface area contributed by atoms with E-state index in [0.717, 1.165) is 22.4 Å². The molecule has 82 valence electrons. The number of H-pyrrole nitrogens is 1. The van der Waals surface area contributed by atoms with E-state index in [2.05, 4.69) is 17.0 Å². The summed E-state index contributed by atoms with van der Waals surface area (Å²) in [6.45, 7) is 2.88. The second-order valence-electron chi connectivity index (χ2n) is 3.35. The van der Waals surface area contributed by atoms with Crippen LogP contribution in [0, 0.1) is 9.54 Å². The molecule has 0 saturated heterocycles. The highest BCUT2D eigenvalue weighted by atomic mass is 32.1. The molecule has 0 atom stereocenters. The Labute approximate surface area is 105 Å². The highest BCUT2D eigenvalue weighted by Crippen LogP contribution is 2.24. The van der Waals surface area contributed by atoms with E-state index in [1.807, 2.05) is 16.0 Å². The first-order chi connectivity index (χ1) is 7.72. The van der Waals surface area contributed by atoms with Crippen LogP contribution in [0.1, 0.15) is 6.92 Å². The van der Waals surface area contributed by atoms with Gasteiger partial charge in [-0.3, -0.25) is 5.10 Å². The van der Waals surface area contributed by atoms with Crippen LogP contribution in [0.2, 0.25) is 0 Å². The molecule has 3 aromatic rings. The van der Waals surface area contributed by atoms with Crippen LogP contribution in [0.25, 0.3) is 15.9 Å². The lowest BCUT2D eigenvalue weighted by molar-refractivity contribution is 0.776. The Bertz CT molecular complexity index is 788. The van der Waals surface area contributed by atoms with Gasteiger partial charge >= 0.3 is 0 Å². The number of thiophene rings is 1. The lowest BCUT2D eigenvalue weighted by Crippen LogP contribution is -1.97. The van der Waals surface area contributed by atoms with Crippen molar-refractivity contribution in [3.8, 4) is 0 Å². The normalized spacial score (nSPS) is 11.6. The maximum Gasteiger partial charge on any atom is 0.221 e. The number of rotatable bonds is 1.